The molecule has 3 N–H and O–H groups in total. The van der Waals surface area contributed by atoms with Crippen molar-refractivity contribution in [3.63, 3.8) is 0 Å². The van der Waals surface area contributed by atoms with Crippen LogP contribution in [0.25, 0.3) is 17.0 Å². The van der Waals surface area contributed by atoms with Crippen molar-refractivity contribution in [1.82, 2.24) is 9.88 Å². The molecule has 0 aliphatic carbocycles. The maximum absolute atomic E-state index is 12.2. The van der Waals surface area contributed by atoms with Gasteiger partial charge >= 0.3 is 5.97 Å². The van der Waals surface area contributed by atoms with E-state index in [9.17, 15) is 19.8 Å². The second kappa shape index (κ2) is 7.78. The van der Waals surface area contributed by atoms with Crippen molar-refractivity contribution in [2.24, 2.45) is 7.05 Å². The molecule has 2 aromatic carbocycles. The third-order valence-electron chi connectivity index (χ3n) is 4.37. The molecule has 0 aliphatic rings. The molecule has 6 heteroatoms. The first kappa shape index (κ1) is 18.3. The first-order chi connectivity index (χ1) is 13.0. The predicted molar refractivity (Wildman–Crippen MR) is 103 cm³/mol. The number of nitrogens with one attached hydrogen (secondary N) is 1. The molecule has 1 aromatic heterocycles. The van der Waals surface area contributed by atoms with Crippen molar-refractivity contribution in [2.45, 2.75) is 12.5 Å². The van der Waals surface area contributed by atoms with Crippen LogP contribution < -0.4 is 5.32 Å². The minimum Gasteiger partial charge on any atom is -0.507 e. The van der Waals surface area contributed by atoms with Gasteiger partial charge in [0.1, 0.15) is 11.8 Å². The van der Waals surface area contributed by atoms with Crippen LogP contribution in [-0.2, 0) is 23.1 Å². The van der Waals surface area contributed by atoms with Crippen molar-refractivity contribution in [3.05, 3.63) is 71.9 Å². The quantitative estimate of drug-likeness (QED) is 0.587. The van der Waals surface area contributed by atoms with E-state index in [1.807, 2.05) is 42.1 Å². The normalized spacial score (nSPS) is 12.3. The van der Waals surface area contributed by atoms with Crippen molar-refractivity contribution in [3.8, 4) is 5.75 Å². The van der Waals surface area contributed by atoms with Crippen LogP contribution in [-0.4, -0.2) is 32.7 Å². The Bertz CT molecular complexity index is 1020. The van der Waals surface area contributed by atoms with Gasteiger partial charge in [0, 0.05) is 42.2 Å². The summed E-state index contributed by atoms with van der Waals surface area (Å²) in [6.45, 7) is 0. The second-order valence-corrected chi connectivity index (χ2v) is 6.28. The average Bonchev–Trinajstić information content (AvgIpc) is 2.96. The lowest BCUT2D eigenvalue weighted by Crippen LogP contribution is -2.41. The summed E-state index contributed by atoms with van der Waals surface area (Å²) < 4.78 is 1.93. The Labute approximate surface area is 156 Å². The number of nitrogens with zero attached hydrogens (tertiary/aromatic N) is 1. The molecule has 0 fully saturated rings. The monoisotopic (exact) mass is 364 g/mol. The number of aromatic nitrogens is 1. The van der Waals surface area contributed by atoms with Crippen molar-refractivity contribution in [1.29, 1.82) is 0 Å². The van der Waals surface area contributed by atoms with Gasteiger partial charge in [-0.1, -0.05) is 36.4 Å². The van der Waals surface area contributed by atoms with Crippen molar-refractivity contribution >= 4 is 28.9 Å². The van der Waals surface area contributed by atoms with Gasteiger partial charge in [-0.05, 0) is 23.8 Å². The Balaban J connectivity index is 1.75. The van der Waals surface area contributed by atoms with Crippen LogP contribution in [0.15, 0.2) is 60.8 Å². The van der Waals surface area contributed by atoms with E-state index in [1.54, 1.807) is 18.2 Å². The Morgan fingerprint density at radius 3 is 2.59 bits per heavy atom. The van der Waals surface area contributed by atoms with E-state index in [4.69, 9.17) is 0 Å². The molecule has 1 amide bonds. The van der Waals surface area contributed by atoms with Gasteiger partial charge in [0.25, 0.3) is 0 Å². The SMILES string of the molecule is Cn1cc(C[C@H](NC(=O)C=Cc2ccccc2O)C(=O)O)c2ccccc21. The molecule has 0 aliphatic heterocycles. The molecule has 27 heavy (non-hydrogen) atoms. The summed E-state index contributed by atoms with van der Waals surface area (Å²) >= 11 is 0. The first-order valence-corrected chi connectivity index (χ1v) is 8.48. The number of benzene rings is 2. The average molecular weight is 364 g/mol. The standard InChI is InChI=1S/C21H20N2O4/c1-23-13-15(16-7-3-4-8-18(16)23)12-17(21(26)27)22-20(25)11-10-14-6-2-5-9-19(14)24/h2-11,13,17,24H,12H2,1H3,(H,22,25)(H,26,27)/t17-/m0/s1. The number of carboxylic acids is 1. The van der Waals surface area contributed by atoms with Gasteiger partial charge in [-0.2, -0.15) is 0 Å². The highest BCUT2D eigenvalue weighted by atomic mass is 16.4. The largest absolute Gasteiger partial charge is 0.507 e. The summed E-state index contributed by atoms with van der Waals surface area (Å²) in [4.78, 5) is 23.8. The minimum atomic E-state index is -1.10. The fourth-order valence-electron chi connectivity index (χ4n) is 3.02. The number of aromatic hydroxyl groups is 1. The van der Waals surface area contributed by atoms with E-state index in [2.05, 4.69) is 5.32 Å². The van der Waals surface area contributed by atoms with Gasteiger partial charge in [-0.3, -0.25) is 4.79 Å². The maximum atomic E-state index is 12.2. The molecular formula is C21H20N2O4. The van der Waals surface area contributed by atoms with Crippen molar-refractivity contribution < 1.29 is 19.8 Å². The number of amides is 1. The zero-order valence-electron chi connectivity index (χ0n) is 14.8. The second-order valence-electron chi connectivity index (χ2n) is 6.28. The zero-order chi connectivity index (χ0) is 19.4. The van der Waals surface area contributed by atoms with E-state index in [0.717, 1.165) is 16.5 Å². The van der Waals surface area contributed by atoms with Crippen molar-refractivity contribution in [2.75, 3.05) is 0 Å². The summed E-state index contributed by atoms with van der Waals surface area (Å²) in [5, 5.41) is 22.7. The van der Waals surface area contributed by atoms with Crippen LogP contribution in [0.3, 0.4) is 0 Å². The lowest BCUT2D eigenvalue weighted by molar-refractivity contribution is -0.141. The summed E-state index contributed by atoms with van der Waals surface area (Å²) in [5.41, 5.74) is 2.33. The molecule has 0 unspecified atom stereocenters. The molecular weight excluding hydrogens is 344 g/mol. The summed E-state index contributed by atoms with van der Waals surface area (Å²) in [6.07, 6.45) is 4.72. The fourth-order valence-corrected chi connectivity index (χ4v) is 3.02. The third-order valence-corrected chi connectivity index (χ3v) is 4.37. The lowest BCUT2D eigenvalue weighted by Gasteiger charge is -2.13. The number of carbonyl (C=O) groups excluding carboxylic acids is 1. The molecule has 1 heterocycles. The molecule has 0 saturated heterocycles. The highest BCUT2D eigenvalue weighted by molar-refractivity contribution is 5.95. The number of rotatable bonds is 6. The topological polar surface area (TPSA) is 91.6 Å². The number of phenolic OH excluding ortho intramolecular Hbond substituents is 1. The van der Waals surface area contributed by atoms with Crippen LogP contribution in [0, 0.1) is 0 Å². The molecule has 3 rings (SSSR count). The van der Waals surface area contributed by atoms with Crippen LogP contribution in [0.2, 0.25) is 0 Å². The van der Waals surface area contributed by atoms with Gasteiger partial charge in [-0.25, -0.2) is 4.79 Å². The number of aryl methyl sites for hydroxylation is 1. The fraction of sp³-hybridized carbons (Fsp3) is 0.143. The first-order valence-electron chi connectivity index (χ1n) is 8.48. The summed E-state index contributed by atoms with van der Waals surface area (Å²) in [5.74, 6) is -1.59. The number of hydrogen-bond acceptors (Lipinski definition) is 3. The highest BCUT2D eigenvalue weighted by Gasteiger charge is 2.21. The van der Waals surface area contributed by atoms with Gasteiger partial charge in [0.05, 0.1) is 0 Å². The van der Waals surface area contributed by atoms with Crippen LogP contribution in [0.4, 0.5) is 0 Å². The zero-order valence-corrected chi connectivity index (χ0v) is 14.8. The predicted octanol–water partition coefficient (Wildman–Crippen LogP) is 2.71. The number of phenols is 1. The number of aliphatic carboxylic acids is 1. The minimum absolute atomic E-state index is 0.0482. The van der Waals surface area contributed by atoms with E-state index in [1.165, 1.54) is 18.2 Å². The number of hydrogen-bond donors (Lipinski definition) is 3. The van der Waals surface area contributed by atoms with E-state index < -0.39 is 17.9 Å². The molecule has 6 nitrogen and oxygen atoms in total. The molecule has 3 aromatic rings. The number of para-hydroxylation sites is 2. The van der Waals surface area contributed by atoms with Gasteiger partial charge in [0.2, 0.25) is 5.91 Å². The molecule has 1 atom stereocenters. The number of carbonyl (C=O) groups is 2. The Morgan fingerprint density at radius 1 is 1.15 bits per heavy atom. The smallest absolute Gasteiger partial charge is 0.326 e. The molecule has 0 bridgehead atoms. The van der Waals surface area contributed by atoms with Crippen LogP contribution >= 0.6 is 0 Å². The van der Waals surface area contributed by atoms with E-state index in [0.29, 0.717) is 5.56 Å². The Kier molecular flexibility index (Phi) is 5.26. The molecule has 0 radical (unpaired) electrons. The van der Waals surface area contributed by atoms with Gasteiger partial charge < -0.3 is 20.1 Å². The van der Waals surface area contributed by atoms with Crippen LogP contribution in [0.1, 0.15) is 11.1 Å². The Morgan fingerprint density at radius 2 is 1.85 bits per heavy atom. The lowest BCUT2D eigenvalue weighted by atomic mass is 10.0. The van der Waals surface area contributed by atoms with E-state index in [-0.39, 0.29) is 12.2 Å². The third kappa shape index (κ3) is 4.17. The maximum Gasteiger partial charge on any atom is 0.326 e. The van der Waals surface area contributed by atoms with Crippen LogP contribution in [0.5, 0.6) is 5.75 Å². The number of fused-ring (bicyclic) bond motifs is 1. The highest BCUT2D eigenvalue weighted by Crippen LogP contribution is 2.22. The summed E-state index contributed by atoms with van der Waals surface area (Å²) in [6, 6.07) is 13.2. The van der Waals surface area contributed by atoms with E-state index >= 15 is 0 Å². The Hall–Kier alpha value is -3.54. The molecule has 0 saturated carbocycles. The molecule has 0 spiro atoms. The summed E-state index contributed by atoms with van der Waals surface area (Å²) in [7, 11) is 1.90. The number of carboxylic acid groups (broad SMARTS) is 1. The molecule has 138 valence electrons. The van der Waals surface area contributed by atoms with Gasteiger partial charge in [0.15, 0.2) is 0 Å². The van der Waals surface area contributed by atoms with Gasteiger partial charge in [-0.15, -0.1) is 0 Å².